The number of nitrogens with one attached hydrogen (secondary N) is 1. The highest BCUT2D eigenvalue weighted by Crippen LogP contribution is 2.13. The summed E-state index contributed by atoms with van der Waals surface area (Å²) in [6.45, 7) is 0. The van der Waals surface area contributed by atoms with Gasteiger partial charge in [-0.15, -0.1) is 0 Å². The van der Waals surface area contributed by atoms with Crippen LogP contribution in [0.3, 0.4) is 0 Å². The smallest absolute Gasteiger partial charge is 0.0147 e. The Bertz CT molecular complexity index is 308. The van der Waals surface area contributed by atoms with Gasteiger partial charge < -0.3 is 4.98 Å². The number of hydrogen-bond acceptors (Lipinski definition) is 0. The minimum absolute atomic E-state index is 1.18. The number of aryl methyl sites for hydroxylation is 1. The van der Waals surface area contributed by atoms with Crippen molar-refractivity contribution < 1.29 is 0 Å². The van der Waals surface area contributed by atoms with Gasteiger partial charge in [0, 0.05) is 17.2 Å². The number of unbranched alkanes of at least 4 members (excludes halogenated alkanes) is 13. The van der Waals surface area contributed by atoms with Gasteiger partial charge in [-0.2, -0.15) is 0 Å². The van der Waals surface area contributed by atoms with E-state index in [1.165, 1.54) is 107 Å². The Labute approximate surface area is 146 Å². The molecule has 0 bridgehead atoms. The largest absolute Gasteiger partial charge is 0.365 e. The van der Waals surface area contributed by atoms with Crippen LogP contribution in [0.5, 0.6) is 0 Å². The molecule has 0 aromatic carbocycles. The van der Waals surface area contributed by atoms with Gasteiger partial charge >= 0.3 is 0 Å². The van der Waals surface area contributed by atoms with Gasteiger partial charge in [-0.05, 0) is 31.4 Å². The average molecular weight is 370 g/mol. The lowest BCUT2D eigenvalue weighted by atomic mass is 10.0. The van der Waals surface area contributed by atoms with E-state index >= 15 is 0 Å². The van der Waals surface area contributed by atoms with E-state index in [2.05, 4.69) is 33.0 Å². The van der Waals surface area contributed by atoms with E-state index in [0.29, 0.717) is 0 Å². The number of hydrogen-bond donors (Lipinski definition) is 1. The van der Waals surface area contributed by atoms with E-state index in [9.17, 15) is 0 Å². The highest BCUT2D eigenvalue weighted by atomic mass is 79.9. The molecule has 0 atom stereocenters. The molecule has 22 heavy (non-hydrogen) atoms. The van der Waals surface area contributed by atoms with Crippen molar-refractivity contribution in [2.75, 3.05) is 5.33 Å². The Morgan fingerprint density at radius 1 is 0.636 bits per heavy atom. The van der Waals surface area contributed by atoms with Crippen LogP contribution in [0.2, 0.25) is 0 Å². The van der Waals surface area contributed by atoms with Gasteiger partial charge in [0.1, 0.15) is 0 Å². The van der Waals surface area contributed by atoms with E-state index in [-0.39, 0.29) is 0 Å². The van der Waals surface area contributed by atoms with E-state index in [4.69, 9.17) is 0 Å². The van der Waals surface area contributed by atoms with Gasteiger partial charge in [-0.25, -0.2) is 0 Å². The van der Waals surface area contributed by atoms with Crippen molar-refractivity contribution in [3.8, 4) is 0 Å². The first-order valence-electron chi connectivity index (χ1n) is 9.61. The SMILES string of the molecule is BrCCCCCCCCCCCCCCCCc1ccc[nH]1. The van der Waals surface area contributed by atoms with Gasteiger partial charge in [0.25, 0.3) is 0 Å². The molecule has 1 rings (SSSR count). The molecule has 1 aromatic rings. The summed E-state index contributed by atoms with van der Waals surface area (Å²) < 4.78 is 0. The van der Waals surface area contributed by atoms with Gasteiger partial charge in [0.05, 0.1) is 0 Å². The number of rotatable bonds is 16. The van der Waals surface area contributed by atoms with E-state index in [1.807, 2.05) is 6.20 Å². The minimum atomic E-state index is 1.18. The van der Waals surface area contributed by atoms with Crippen LogP contribution >= 0.6 is 15.9 Å². The molecule has 0 radical (unpaired) electrons. The summed E-state index contributed by atoms with van der Waals surface area (Å²) in [7, 11) is 0. The zero-order valence-electron chi connectivity index (χ0n) is 14.4. The molecule has 0 amide bonds. The fourth-order valence-corrected chi connectivity index (χ4v) is 3.45. The first kappa shape index (κ1) is 19.8. The Morgan fingerprint density at radius 3 is 1.50 bits per heavy atom. The van der Waals surface area contributed by atoms with E-state index in [1.54, 1.807) is 0 Å². The molecule has 0 aliphatic heterocycles. The van der Waals surface area contributed by atoms with E-state index in [0.717, 1.165) is 0 Å². The molecule has 1 N–H and O–H groups in total. The van der Waals surface area contributed by atoms with Gasteiger partial charge in [0.2, 0.25) is 0 Å². The molecule has 1 aromatic heterocycles. The second-order valence-corrected chi connectivity index (χ2v) is 7.38. The summed E-state index contributed by atoms with van der Waals surface area (Å²) in [5.41, 5.74) is 1.40. The third-order valence-electron chi connectivity index (χ3n) is 4.49. The Hall–Kier alpha value is -0.240. The maximum Gasteiger partial charge on any atom is 0.0147 e. The Balaban J connectivity index is 1.68. The number of halogens is 1. The number of aromatic nitrogens is 1. The van der Waals surface area contributed by atoms with Crippen molar-refractivity contribution in [2.45, 2.75) is 96.3 Å². The second-order valence-electron chi connectivity index (χ2n) is 6.58. The molecule has 0 aliphatic carbocycles. The van der Waals surface area contributed by atoms with Crippen LogP contribution in [-0.4, -0.2) is 10.3 Å². The molecule has 1 heterocycles. The quantitative estimate of drug-likeness (QED) is 0.230. The predicted molar refractivity (Wildman–Crippen MR) is 103 cm³/mol. The van der Waals surface area contributed by atoms with E-state index < -0.39 is 0 Å². The van der Waals surface area contributed by atoms with Crippen molar-refractivity contribution in [1.29, 1.82) is 0 Å². The van der Waals surface area contributed by atoms with Crippen LogP contribution in [0, 0.1) is 0 Å². The molecular formula is C20H36BrN. The maximum absolute atomic E-state index is 3.49. The van der Waals surface area contributed by atoms with Crippen molar-refractivity contribution in [3.05, 3.63) is 24.0 Å². The van der Waals surface area contributed by atoms with Gasteiger partial charge in [-0.3, -0.25) is 0 Å². The highest BCUT2D eigenvalue weighted by molar-refractivity contribution is 9.09. The molecular weight excluding hydrogens is 334 g/mol. The van der Waals surface area contributed by atoms with Crippen LogP contribution in [0.15, 0.2) is 18.3 Å². The summed E-state index contributed by atoms with van der Waals surface area (Å²) in [6.07, 6.45) is 23.3. The third kappa shape index (κ3) is 12.3. The van der Waals surface area contributed by atoms with Gasteiger partial charge in [-0.1, -0.05) is 93.0 Å². The summed E-state index contributed by atoms with van der Waals surface area (Å²) in [4.78, 5) is 3.28. The molecule has 0 saturated carbocycles. The molecule has 0 fully saturated rings. The third-order valence-corrected chi connectivity index (χ3v) is 5.05. The fraction of sp³-hybridized carbons (Fsp3) is 0.800. The summed E-state index contributed by atoms with van der Waals surface area (Å²) in [5.74, 6) is 0. The van der Waals surface area contributed by atoms with Crippen LogP contribution in [0.1, 0.15) is 95.6 Å². The fourth-order valence-electron chi connectivity index (χ4n) is 3.05. The monoisotopic (exact) mass is 369 g/mol. The van der Waals surface area contributed by atoms with Crippen molar-refractivity contribution in [3.63, 3.8) is 0 Å². The topological polar surface area (TPSA) is 15.8 Å². The number of alkyl halides is 1. The lowest BCUT2D eigenvalue weighted by molar-refractivity contribution is 0.535. The predicted octanol–water partition coefficient (Wildman–Crippen LogP) is 7.41. The summed E-state index contributed by atoms with van der Waals surface area (Å²) >= 11 is 3.49. The molecule has 0 spiro atoms. The first-order valence-corrected chi connectivity index (χ1v) is 10.7. The molecule has 0 saturated heterocycles. The standard InChI is InChI=1S/C20H36BrN/c21-18-14-12-10-8-6-4-2-1-3-5-7-9-11-13-16-20-17-15-19-22-20/h15,17,19,22H,1-14,16,18H2. The molecule has 1 nitrogen and oxygen atoms in total. The second kappa shape index (κ2) is 15.6. The highest BCUT2D eigenvalue weighted by Gasteiger charge is 1.95. The van der Waals surface area contributed by atoms with Crippen molar-refractivity contribution in [1.82, 2.24) is 4.98 Å². The summed E-state index contributed by atoms with van der Waals surface area (Å²) in [6, 6.07) is 4.29. The molecule has 0 unspecified atom stereocenters. The summed E-state index contributed by atoms with van der Waals surface area (Å²) in [5, 5.41) is 1.18. The Kier molecular flexibility index (Phi) is 14.1. The lowest BCUT2D eigenvalue weighted by Crippen LogP contribution is -1.86. The number of H-pyrrole nitrogens is 1. The maximum atomic E-state index is 3.49. The Morgan fingerprint density at radius 2 is 1.09 bits per heavy atom. The van der Waals surface area contributed by atoms with Crippen LogP contribution in [0.25, 0.3) is 0 Å². The first-order chi connectivity index (χ1) is 10.9. The lowest BCUT2D eigenvalue weighted by Gasteiger charge is -2.03. The van der Waals surface area contributed by atoms with Gasteiger partial charge in [0.15, 0.2) is 0 Å². The zero-order valence-corrected chi connectivity index (χ0v) is 16.0. The average Bonchev–Trinajstić information content (AvgIpc) is 3.04. The molecule has 128 valence electrons. The minimum Gasteiger partial charge on any atom is -0.365 e. The number of aromatic amines is 1. The van der Waals surface area contributed by atoms with Crippen molar-refractivity contribution in [2.24, 2.45) is 0 Å². The molecule has 2 heteroatoms. The van der Waals surface area contributed by atoms with Crippen LogP contribution < -0.4 is 0 Å². The zero-order chi connectivity index (χ0) is 15.7. The van der Waals surface area contributed by atoms with Crippen LogP contribution in [0.4, 0.5) is 0 Å². The molecule has 0 aliphatic rings. The normalized spacial score (nSPS) is 11.1. The van der Waals surface area contributed by atoms with Crippen LogP contribution in [-0.2, 0) is 6.42 Å². The van der Waals surface area contributed by atoms with Crippen molar-refractivity contribution >= 4 is 15.9 Å².